The van der Waals surface area contributed by atoms with Crippen molar-refractivity contribution in [1.29, 1.82) is 0 Å². The zero-order valence-corrected chi connectivity index (χ0v) is 11.1. The van der Waals surface area contributed by atoms with Gasteiger partial charge in [-0.05, 0) is 36.2 Å². The number of nitrogens with one attached hydrogen (secondary N) is 1. The van der Waals surface area contributed by atoms with E-state index in [1.807, 2.05) is 24.3 Å². The number of benzene rings is 1. The molecule has 2 aromatic rings. The van der Waals surface area contributed by atoms with Gasteiger partial charge in [0.05, 0.1) is 6.20 Å². The average molecular weight is 274 g/mol. The van der Waals surface area contributed by atoms with E-state index in [2.05, 4.69) is 17.2 Å². The smallest absolute Gasteiger partial charge is 0.263 e. The van der Waals surface area contributed by atoms with Gasteiger partial charge < -0.3 is 10.1 Å². The summed E-state index contributed by atoms with van der Waals surface area (Å²) in [4.78, 5) is 15.4. The van der Waals surface area contributed by atoms with Gasteiger partial charge in [0.25, 0.3) is 5.91 Å². The number of amides is 1. The highest BCUT2D eigenvalue weighted by Gasteiger charge is 2.04. The SMILES string of the molecule is CCc1ccc(OCC(=O)Nc2ccc(F)cn2)cc1. The number of anilines is 1. The van der Waals surface area contributed by atoms with Crippen LogP contribution < -0.4 is 10.1 Å². The number of hydrogen-bond acceptors (Lipinski definition) is 3. The number of rotatable bonds is 5. The zero-order chi connectivity index (χ0) is 14.4. The summed E-state index contributed by atoms with van der Waals surface area (Å²) < 4.78 is 18.0. The normalized spacial score (nSPS) is 10.1. The van der Waals surface area contributed by atoms with Crippen molar-refractivity contribution in [1.82, 2.24) is 4.98 Å². The summed E-state index contributed by atoms with van der Waals surface area (Å²) >= 11 is 0. The summed E-state index contributed by atoms with van der Waals surface area (Å²) in [6.45, 7) is 1.95. The van der Waals surface area contributed by atoms with Crippen LogP contribution in [0.1, 0.15) is 12.5 Å². The third-order valence-electron chi connectivity index (χ3n) is 2.70. The van der Waals surface area contributed by atoms with Crippen molar-refractivity contribution in [2.45, 2.75) is 13.3 Å². The van der Waals surface area contributed by atoms with Crippen molar-refractivity contribution in [3.8, 4) is 5.75 Å². The number of halogens is 1. The lowest BCUT2D eigenvalue weighted by atomic mass is 10.2. The minimum atomic E-state index is -0.449. The van der Waals surface area contributed by atoms with Gasteiger partial charge in [-0.25, -0.2) is 9.37 Å². The molecule has 0 aliphatic rings. The molecule has 1 heterocycles. The highest BCUT2D eigenvalue weighted by atomic mass is 19.1. The summed E-state index contributed by atoms with van der Waals surface area (Å²) in [6.07, 6.45) is 2.00. The second-order valence-electron chi connectivity index (χ2n) is 4.20. The molecule has 0 saturated carbocycles. The molecule has 1 amide bonds. The lowest BCUT2D eigenvalue weighted by molar-refractivity contribution is -0.118. The van der Waals surface area contributed by atoms with Crippen LogP contribution in [0, 0.1) is 5.82 Å². The minimum Gasteiger partial charge on any atom is -0.484 e. The Balaban J connectivity index is 1.83. The van der Waals surface area contributed by atoms with Crippen LogP contribution in [-0.4, -0.2) is 17.5 Å². The number of aryl methyl sites for hydroxylation is 1. The van der Waals surface area contributed by atoms with Gasteiger partial charge in [0, 0.05) is 0 Å². The highest BCUT2D eigenvalue weighted by molar-refractivity contribution is 5.90. The molecule has 0 saturated heterocycles. The van der Waals surface area contributed by atoms with E-state index in [4.69, 9.17) is 4.74 Å². The Hall–Kier alpha value is -2.43. The maximum Gasteiger partial charge on any atom is 0.263 e. The standard InChI is InChI=1S/C15H15FN2O2/c1-2-11-3-6-13(7-4-11)20-10-15(19)18-14-8-5-12(16)9-17-14/h3-9H,2,10H2,1H3,(H,17,18,19). The van der Waals surface area contributed by atoms with Crippen molar-refractivity contribution in [2.24, 2.45) is 0 Å². The van der Waals surface area contributed by atoms with Gasteiger partial charge in [0.2, 0.25) is 0 Å². The van der Waals surface area contributed by atoms with Crippen molar-refractivity contribution < 1.29 is 13.9 Å². The van der Waals surface area contributed by atoms with Crippen molar-refractivity contribution in [3.05, 3.63) is 54.0 Å². The first-order chi connectivity index (χ1) is 9.67. The first-order valence-corrected chi connectivity index (χ1v) is 6.30. The molecule has 5 heteroatoms. The second-order valence-corrected chi connectivity index (χ2v) is 4.20. The molecular formula is C15H15FN2O2. The Bertz CT molecular complexity index is 567. The third kappa shape index (κ3) is 4.05. The van der Waals surface area contributed by atoms with Crippen LogP contribution in [0.5, 0.6) is 5.75 Å². The molecule has 2 rings (SSSR count). The Morgan fingerprint density at radius 2 is 2.00 bits per heavy atom. The fourth-order valence-corrected chi connectivity index (χ4v) is 1.60. The number of aromatic nitrogens is 1. The Labute approximate surface area is 116 Å². The molecular weight excluding hydrogens is 259 g/mol. The van der Waals surface area contributed by atoms with E-state index in [0.29, 0.717) is 11.6 Å². The molecule has 104 valence electrons. The largest absolute Gasteiger partial charge is 0.484 e. The number of pyridine rings is 1. The molecule has 1 aromatic carbocycles. The minimum absolute atomic E-state index is 0.121. The van der Waals surface area contributed by atoms with Gasteiger partial charge in [-0.1, -0.05) is 19.1 Å². The lowest BCUT2D eigenvalue weighted by Crippen LogP contribution is -2.20. The number of nitrogens with zero attached hydrogens (tertiary/aromatic N) is 1. The van der Waals surface area contributed by atoms with E-state index in [0.717, 1.165) is 12.6 Å². The molecule has 1 aromatic heterocycles. The van der Waals surface area contributed by atoms with Gasteiger partial charge in [-0.2, -0.15) is 0 Å². The summed E-state index contributed by atoms with van der Waals surface area (Å²) in [5, 5.41) is 2.52. The van der Waals surface area contributed by atoms with Crippen LogP contribution >= 0.6 is 0 Å². The fraction of sp³-hybridized carbons (Fsp3) is 0.200. The van der Waals surface area contributed by atoms with Crippen LogP contribution in [0.3, 0.4) is 0 Å². The maximum atomic E-state index is 12.7. The summed E-state index contributed by atoms with van der Waals surface area (Å²) in [6, 6.07) is 10.2. The predicted octanol–water partition coefficient (Wildman–Crippen LogP) is 2.80. The zero-order valence-electron chi connectivity index (χ0n) is 11.1. The van der Waals surface area contributed by atoms with Crippen LogP contribution in [0.15, 0.2) is 42.6 Å². The van der Waals surface area contributed by atoms with E-state index in [9.17, 15) is 9.18 Å². The molecule has 0 unspecified atom stereocenters. The maximum absolute atomic E-state index is 12.7. The van der Waals surface area contributed by atoms with E-state index in [1.165, 1.54) is 17.7 Å². The number of carbonyl (C=O) groups excluding carboxylic acids is 1. The highest BCUT2D eigenvalue weighted by Crippen LogP contribution is 2.12. The van der Waals surface area contributed by atoms with Gasteiger partial charge in [0.15, 0.2) is 6.61 Å². The Kier molecular flexibility index (Phi) is 4.65. The molecule has 0 radical (unpaired) electrons. The number of hydrogen-bond donors (Lipinski definition) is 1. The quantitative estimate of drug-likeness (QED) is 0.912. The predicted molar refractivity (Wildman–Crippen MR) is 74.1 cm³/mol. The van der Waals surface area contributed by atoms with Gasteiger partial charge in [-0.3, -0.25) is 4.79 Å². The van der Waals surface area contributed by atoms with Crippen LogP contribution in [-0.2, 0) is 11.2 Å². The molecule has 0 fully saturated rings. The third-order valence-corrected chi connectivity index (χ3v) is 2.70. The van der Waals surface area contributed by atoms with E-state index in [1.54, 1.807) is 0 Å². The topological polar surface area (TPSA) is 51.2 Å². The molecule has 0 bridgehead atoms. The van der Waals surface area contributed by atoms with Crippen molar-refractivity contribution in [2.75, 3.05) is 11.9 Å². The summed E-state index contributed by atoms with van der Waals surface area (Å²) in [5.41, 5.74) is 1.21. The Morgan fingerprint density at radius 3 is 2.60 bits per heavy atom. The summed E-state index contributed by atoms with van der Waals surface area (Å²) in [5.74, 6) is 0.129. The number of carbonyl (C=O) groups is 1. The molecule has 4 nitrogen and oxygen atoms in total. The monoisotopic (exact) mass is 274 g/mol. The average Bonchev–Trinajstić information content (AvgIpc) is 2.48. The van der Waals surface area contributed by atoms with Gasteiger partial charge >= 0.3 is 0 Å². The Morgan fingerprint density at radius 1 is 1.25 bits per heavy atom. The van der Waals surface area contributed by atoms with Crippen LogP contribution in [0.25, 0.3) is 0 Å². The molecule has 0 aliphatic heterocycles. The molecule has 20 heavy (non-hydrogen) atoms. The number of ether oxygens (including phenoxy) is 1. The first-order valence-electron chi connectivity index (χ1n) is 6.30. The fourth-order valence-electron chi connectivity index (χ4n) is 1.60. The van der Waals surface area contributed by atoms with E-state index >= 15 is 0 Å². The lowest BCUT2D eigenvalue weighted by Gasteiger charge is -2.07. The molecule has 0 atom stereocenters. The molecule has 0 aliphatic carbocycles. The summed E-state index contributed by atoms with van der Waals surface area (Å²) in [7, 11) is 0. The first kappa shape index (κ1) is 14.0. The van der Waals surface area contributed by atoms with Crippen molar-refractivity contribution >= 4 is 11.7 Å². The van der Waals surface area contributed by atoms with Gasteiger partial charge in [0.1, 0.15) is 17.4 Å². The van der Waals surface area contributed by atoms with Gasteiger partial charge in [-0.15, -0.1) is 0 Å². The van der Waals surface area contributed by atoms with Crippen molar-refractivity contribution in [3.63, 3.8) is 0 Å². The molecule has 0 spiro atoms. The van der Waals surface area contributed by atoms with Crippen LogP contribution in [0.2, 0.25) is 0 Å². The van der Waals surface area contributed by atoms with E-state index in [-0.39, 0.29) is 12.5 Å². The second kappa shape index (κ2) is 6.65. The molecule has 1 N–H and O–H groups in total. The van der Waals surface area contributed by atoms with Crippen LogP contribution in [0.4, 0.5) is 10.2 Å². The van der Waals surface area contributed by atoms with E-state index < -0.39 is 5.82 Å².